The molecule has 0 aliphatic carbocycles. The first-order chi connectivity index (χ1) is 9.02. The lowest BCUT2D eigenvalue weighted by atomic mass is 10.0. The van der Waals surface area contributed by atoms with Gasteiger partial charge < -0.3 is 0 Å². The third-order valence-electron chi connectivity index (χ3n) is 2.94. The third-order valence-corrected chi connectivity index (χ3v) is 4.88. The van der Waals surface area contributed by atoms with Crippen molar-refractivity contribution in [3.8, 4) is 0 Å². The highest BCUT2D eigenvalue weighted by molar-refractivity contribution is 9.10. The number of hydrogen-bond acceptors (Lipinski definition) is 3. The Balaban J connectivity index is 2.32. The van der Waals surface area contributed by atoms with Gasteiger partial charge in [0.1, 0.15) is 11.6 Å². The standard InChI is InChI=1S/C13H13BrF2N2S/c1-7-4-8(11(16)5-10(7)15)12(18-17)6-13-9(14)2-3-19-13/h2-5,12,18H,6,17H2,1H3. The molecule has 0 aliphatic rings. The molecule has 102 valence electrons. The molecule has 0 radical (unpaired) electrons. The van der Waals surface area contributed by atoms with E-state index in [4.69, 9.17) is 5.84 Å². The van der Waals surface area contributed by atoms with E-state index in [-0.39, 0.29) is 0 Å². The summed E-state index contributed by atoms with van der Waals surface area (Å²) in [4.78, 5) is 1.06. The summed E-state index contributed by atoms with van der Waals surface area (Å²) >= 11 is 4.99. The molecule has 1 unspecified atom stereocenters. The monoisotopic (exact) mass is 346 g/mol. The van der Waals surface area contributed by atoms with Crippen molar-refractivity contribution in [2.24, 2.45) is 5.84 Å². The van der Waals surface area contributed by atoms with E-state index in [1.807, 2.05) is 11.4 Å². The van der Waals surface area contributed by atoms with Gasteiger partial charge >= 0.3 is 0 Å². The van der Waals surface area contributed by atoms with Crippen molar-refractivity contribution >= 4 is 27.3 Å². The Bertz CT molecular complexity index is 586. The fourth-order valence-corrected chi connectivity index (χ4v) is 3.42. The number of hydrazine groups is 1. The molecule has 3 N–H and O–H groups in total. The summed E-state index contributed by atoms with van der Waals surface area (Å²) in [6, 6.07) is 3.93. The molecule has 0 saturated carbocycles. The van der Waals surface area contributed by atoms with Gasteiger partial charge in [0, 0.05) is 27.4 Å². The van der Waals surface area contributed by atoms with Crippen molar-refractivity contribution in [3.63, 3.8) is 0 Å². The normalized spacial score (nSPS) is 12.7. The number of rotatable bonds is 4. The van der Waals surface area contributed by atoms with Crippen molar-refractivity contribution < 1.29 is 8.78 Å². The Kier molecular flexibility index (Phi) is 4.67. The van der Waals surface area contributed by atoms with Gasteiger partial charge in [-0.1, -0.05) is 0 Å². The van der Waals surface area contributed by atoms with Crippen LogP contribution >= 0.6 is 27.3 Å². The minimum atomic E-state index is -0.585. The van der Waals surface area contributed by atoms with Crippen LogP contribution in [0.4, 0.5) is 8.78 Å². The summed E-state index contributed by atoms with van der Waals surface area (Å²) in [6.07, 6.45) is 0.538. The van der Waals surface area contributed by atoms with Crippen LogP contribution in [0, 0.1) is 18.6 Å². The zero-order chi connectivity index (χ0) is 14.0. The Labute approximate surface area is 122 Å². The van der Waals surface area contributed by atoms with Gasteiger partial charge in [-0.2, -0.15) is 0 Å². The average Bonchev–Trinajstić information content (AvgIpc) is 2.77. The van der Waals surface area contributed by atoms with Crippen LogP contribution in [0.1, 0.15) is 22.0 Å². The van der Waals surface area contributed by atoms with Crippen molar-refractivity contribution in [1.29, 1.82) is 0 Å². The quantitative estimate of drug-likeness (QED) is 0.651. The smallest absolute Gasteiger partial charge is 0.130 e. The number of hydrogen-bond donors (Lipinski definition) is 2. The summed E-state index contributed by atoms with van der Waals surface area (Å²) in [7, 11) is 0. The third kappa shape index (κ3) is 3.20. The molecule has 1 aromatic carbocycles. The van der Waals surface area contributed by atoms with Crippen LogP contribution < -0.4 is 11.3 Å². The van der Waals surface area contributed by atoms with Gasteiger partial charge in [0.15, 0.2) is 0 Å². The fourth-order valence-electron chi connectivity index (χ4n) is 1.86. The maximum absolute atomic E-state index is 13.9. The van der Waals surface area contributed by atoms with E-state index < -0.39 is 17.7 Å². The van der Waals surface area contributed by atoms with E-state index in [2.05, 4.69) is 21.4 Å². The van der Waals surface area contributed by atoms with E-state index in [0.29, 0.717) is 17.5 Å². The van der Waals surface area contributed by atoms with Gasteiger partial charge in [0.25, 0.3) is 0 Å². The molecular weight excluding hydrogens is 334 g/mol. The predicted molar refractivity (Wildman–Crippen MR) is 76.9 cm³/mol. The predicted octanol–water partition coefficient (Wildman–Crippen LogP) is 3.84. The molecule has 6 heteroatoms. The molecule has 1 aromatic heterocycles. The number of thiophene rings is 1. The second-order valence-electron chi connectivity index (χ2n) is 4.24. The van der Waals surface area contributed by atoms with Gasteiger partial charge in [0.05, 0.1) is 6.04 Å². The van der Waals surface area contributed by atoms with Gasteiger partial charge in [-0.3, -0.25) is 11.3 Å². The van der Waals surface area contributed by atoms with Crippen molar-refractivity contribution in [2.75, 3.05) is 0 Å². The van der Waals surface area contributed by atoms with Crippen LogP contribution in [-0.2, 0) is 6.42 Å². The molecule has 2 nitrogen and oxygen atoms in total. The molecule has 0 aliphatic heterocycles. The van der Waals surface area contributed by atoms with Crippen LogP contribution in [0.3, 0.4) is 0 Å². The second-order valence-corrected chi connectivity index (χ2v) is 6.09. The maximum Gasteiger partial charge on any atom is 0.130 e. The van der Waals surface area contributed by atoms with E-state index in [1.54, 1.807) is 18.3 Å². The summed E-state index contributed by atoms with van der Waals surface area (Å²) < 4.78 is 28.1. The highest BCUT2D eigenvalue weighted by Crippen LogP contribution is 2.29. The fraction of sp³-hybridized carbons (Fsp3) is 0.231. The molecule has 0 saturated heterocycles. The van der Waals surface area contributed by atoms with E-state index in [0.717, 1.165) is 15.4 Å². The number of nitrogens with two attached hydrogens (primary N) is 1. The number of halogens is 3. The van der Waals surface area contributed by atoms with E-state index >= 15 is 0 Å². The largest absolute Gasteiger partial charge is 0.271 e. The SMILES string of the molecule is Cc1cc(C(Cc2sccc2Br)NN)c(F)cc1F. The Morgan fingerprint density at radius 2 is 2.11 bits per heavy atom. The summed E-state index contributed by atoms with van der Waals surface area (Å²) in [5, 5.41) is 1.94. The van der Waals surface area contributed by atoms with Gasteiger partial charge in [0.2, 0.25) is 0 Å². The van der Waals surface area contributed by atoms with E-state index in [9.17, 15) is 8.78 Å². The van der Waals surface area contributed by atoms with E-state index in [1.165, 1.54) is 6.07 Å². The summed E-state index contributed by atoms with van der Waals surface area (Å²) in [6.45, 7) is 1.60. The van der Waals surface area contributed by atoms with Gasteiger partial charge in [-0.15, -0.1) is 11.3 Å². The lowest BCUT2D eigenvalue weighted by Gasteiger charge is -2.17. The van der Waals surface area contributed by atoms with Crippen LogP contribution in [-0.4, -0.2) is 0 Å². The summed E-state index contributed by atoms with van der Waals surface area (Å²) in [5.41, 5.74) is 3.38. The molecule has 0 spiro atoms. The average molecular weight is 347 g/mol. The van der Waals surface area contributed by atoms with Crippen LogP contribution in [0.5, 0.6) is 0 Å². The maximum atomic E-state index is 13.9. The lowest BCUT2D eigenvalue weighted by Crippen LogP contribution is -2.30. The molecule has 2 aromatic rings. The lowest BCUT2D eigenvalue weighted by molar-refractivity contribution is 0.502. The minimum Gasteiger partial charge on any atom is -0.271 e. The molecule has 0 fully saturated rings. The molecule has 19 heavy (non-hydrogen) atoms. The zero-order valence-corrected chi connectivity index (χ0v) is 12.6. The van der Waals surface area contributed by atoms with Crippen LogP contribution in [0.25, 0.3) is 0 Å². The van der Waals surface area contributed by atoms with Crippen molar-refractivity contribution in [2.45, 2.75) is 19.4 Å². The number of nitrogens with one attached hydrogen (secondary N) is 1. The number of aryl methyl sites for hydroxylation is 1. The molecular formula is C13H13BrF2N2S. The van der Waals surface area contributed by atoms with Gasteiger partial charge in [-0.05, 0) is 45.9 Å². The highest BCUT2D eigenvalue weighted by atomic mass is 79.9. The molecule has 0 amide bonds. The molecule has 0 bridgehead atoms. The number of benzene rings is 1. The van der Waals surface area contributed by atoms with Crippen LogP contribution in [0.15, 0.2) is 28.1 Å². The van der Waals surface area contributed by atoms with Gasteiger partial charge in [-0.25, -0.2) is 8.78 Å². The Morgan fingerprint density at radius 3 is 2.68 bits per heavy atom. The van der Waals surface area contributed by atoms with Crippen molar-refractivity contribution in [1.82, 2.24) is 5.43 Å². The second kappa shape index (κ2) is 6.09. The molecule has 1 heterocycles. The minimum absolute atomic E-state index is 0.377. The van der Waals surface area contributed by atoms with Crippen molar-refractivity contribution in [3.05, 3.63) is 55.7 Å². The Morgan fingerprint density at radius 1 is 1.37 bits per heavy atom. The first-order valence-electron chi connectivity index (χ1n) is 5.66. The highest BCUT2D eigenvalue weighted by Gasteiger charge is 2.18. The molecule has 2 rings (SSSR count). The Hall–Kier alpha value is -0.820. The first-order valence-corrected chi connectivity index (χ1v) is 7.33. The molecule has 1 atom stereocenters. The van der Waals surface area contributed by atoms with Crippen LogP contribution in [0.2, 0.25) is 0 Å². The summed E-state index contributed by atoms with van der Waals surface area (Å²) in [5.74, 6) is 4.38. The topological polar surface area (TPSA) is 38.0 Å². The first kappa shape index (κ1) is 14.6. The zero-order valence-electron chi connectivity index (χ0n) is 10.2.